The SMILES string of the molecule is CSc1ccc(C(O)C(=O)O)c(CC(C)=O)c1. The summed E-state index contributed by atoms with van der Waals surface area (Å²) in [6.45, 7) is 1.43. The molecule has 4 nitrogen and oxygen atoms in total. The molecule has 0 aromatic heterocycles. The van der Waals surface area contributed by atoms with Crippen molar-refractivity contribution in [2.24, 2.45) is 0 Å². The first kappa shape index (κ1) is 13.7. The topological polar surface area (TPSA) is 74.6 Å². The van der Waals surface area contributed by atoms with E-state index >= 15 is 0 Å². The maximum Gasteiger partial charge on any atom is 0.337 e. The van der Waals surface area contributed by atoms with Gasteiger partial charge in [-0.25, -0.2) is 4.79 Å². The van der Waals surface area contributed by atoms with Crippen LogP contribution in [0.4, 0.5) is 0 Å². The second-order valence-corrected chi connectivity index (χ2v) is 4.56. The molecular weight excluding hydrogens is 240 g/mol. The normalized spacial score (nSPS) is 12.2. The van der Waals surface area contributed by atoms with Gasteiger partial charge in [-0.15, -0.1) is 11.8 Å². The molecule has 0 aliphatic heterocycles. The van der Waals surface area contributed by atoms with Crippen LogP contribution in [0.5, 0.6) is 0 Å². The quantitative estimate of drug-likeness (QED) is 0.782. The van der Waals surface area contributed by atoms with Crippen molar-refractivity contribution in [2.75, 3.05) is 6.26 Å². The van der Waals surface area contributed by atoms with Gasteiger partial charge in [-0.3, -0.25) is 4.79 Å². The third-order valence-electron chi connectivity index (χ3n) is 2.32. The van der Waals surface area contributed by atoms with E-state index in [1.165, 1.54) is 18.7 Å². The van der Waals surface area contributed by atoms with E-state index in [0.29, 0.717) is 5.56 Å². The first-order valence-electron chi connectivity index (χ1n) is 5.02. The summed E-state index contributed by atoms with van der Waals surface area (Å²) in [5.74, 6) is -1.38. The molecule has 0 heterocycles. The number of carboxylic acid groups (broad SMARTS) is 1. The Balaban J connectivity index is 3.18. The Morgan fingerprint density at radius 1 is 1.41 bits per heavy atom. The Bertz CT molecular complexity index is 442. The van der Waals surface area contributed by atoms with Crippen molar-refractivity contribution in [3.05, 3.63) is 29.3 Å². The van der Waals surface area contributed by atoms with Crippen molar-refractivity contribution in [1.82, 2.24) is 0 Å². The van der Waals surface area contributed by atoms with Gasteiger partial charge in [-0.1, -0.05) is 6.07 Å². The maximum absolute atomic E-state index is 11.1. The molecule has 0 radical (unpaired) electrons. The summed E-state index contributed by atoms with van der Waals surface area (Å²) < 4.78 is 0. The number of hydrogen-bond donors (Lipinski definition) is 2. The zero-order valence-electron chi connectivity index (χ0n) is 9.64. The number of carboxylic acids is 1. The summed E-state index contributed by atoms with van der Waals surface area (Å²) in [5, 5.41) is 18.3. The number of hydrogen-bond acceptors (Lipinski definition) is 4. The summed E-state index contributed by atoms with van der Waals surface area (Å²) in [5.41, 5.74) is 0.852. The van der Waals surface area contributed by atoms with Crippen molar-refractivity contribution < 1.29 is 19.8 Å². The molecule has 1 aromatic carbocycles. The van der Waals surface area contributed by atoms with E-state index in [2.05, 4.69) is 0 Å². The summed E-state index contributed by atoms with van der Waals surface area (Å²) in [6, 6.07) is 5.03. The number of thioether (sulfide) groups is 1. The third kappa shape index (κ3) is 3.57. The molecule has 0 fully saturated rings. The third-order valence-corrected chi connectivity index (χ3v) is 3.04. The molecule has 2 N–H and O–H groups in total. The second kappa shape index (κ2) is 5.84. The fourth-order valence-electron chi connectivity index (χ4n) is 1.53. The van der Waals surface area contributed by atoms with Gasteiger partial charge in [0.15, 0.2) is 6.10 Å². The number of aliphatic carboxylic acids is 1. The van der Waals surface area contributed by atoms with E-state index in [-0.39, 0.29) is 17.8 Å². The van der Waals surface area contributed by atoms with Gasteiger partial charge in [0.2, 0.25) is 0 Å². The first-order valence-corrected chi connectivity index (χ1v) is 6.25. The average Bonchev–Trinajstić information content (AvgIpc) is 2.27. The van der Waals surface area contributed by atoms with Crippen molar-refractivity contribution in [1.29, 1.82) is 0 Å². The standard InChI is InChI=1S/C12H14O4S/c1-7(13)5-8-6-9(17-2)3-4-10(8)11(14)12(15)16/h3-4,6,11,14H,5H2,1-2H3,(H,15,16). The Morgan fingerprint density at radius 3 is 2.53 bits per heavy atom. The first-order chi connectivity index (χ1) is 7.95. The Morgan fingerprint density at radius 2 is 2.06 bits per heavy atom. The monoisotopic (exact) mass is 254 g/mol. The lowest BCUT2D eigenvalue weighted by atomic mass is 9.98. The predicted octanol–water partition coefficient (Wildman–Crippen LogP) is 1.66. The molecule has 1 rings (SSSR count). The molecule has 0 amide bonds. The van der Waals surface area contributed by atoms with Crippen LogP contribution in [-0.2, 0) is 16.0 Å². The molecule has 0 saturated carbocycles. The number of carbonyl (C=O) groups is 2. The van der Waals surface area contributed by atoms with Crippen LogP contribution in [0.2, 0.25) is 0 Å². The highest BCUT2D eigenvalue weighted by atomic mass is 32.2. The molecule has 1 unspecified atom stereocenters. The molecular formula is C12H14O4S. The molecule has 0 aliphatic carbocycles. The van der Waals surface area contributed by atoms with E-state index in [1.807, 2.05) is 6.26 Å². The van der Waals surface area contributed by atoms with Crippen molar-refractivity contribution in [2.45, 2.75) is 24.3 Å². The number of ketones is 1. The molecule has 0 saturated heterocycles. The van der Waals surface area contributed by atoms with E-state index in [0.717, 1.165) is 4.90 Å². The predicted molar refractivity (Wildman–Crippen MR) is 65.2 cm³/mol. The number of aliphatic hydroxyl groups is 1. The molecule has 0 spiro atoms. The largest absolute Gasteiger partial charge is 0.479 e. The Labute approximate surface area is 104 Å². The maximum atomic E-state index is 11.1. The highest BCUT2D eigenvalue weighted by molar-refractivity contribution is 7.98. The molecule has 5 heteroatoms. The van der Waals surface area contributed by atoms with E-state index in [1.54, 1.807) is 18.2 Å². The van der Waals surface area contributed by atoms with Crippen molar-refractivity contribution in [3.8, 4) is 0 Å². The molecule has 92 valence electrons. The van der Waals surface area contributed by atoms with Gasteiger partial charge >= 0.3 is 5.97 Å². The van der Waals surface area contributed by atoms with Gasteiger partial charge in [-0.2, -0.15) is 0 Å². The molecule has 0 aliphatic rings. The van der Waals surface area contributed by atoms with E-state index in [4.69, 9.17) is 5.11 Å². The lowest BCUT2D eigenvalue weighted by Crippen LogP contribution is -2.14. The van der Waals surface area contributed by atoms with Crippen LogP contribution in [-0.4, -0.2) is 28.2 Å². The number of rotatable bonds is 5. The molecule has 1 atom stereocenters. The van der Waals surface area contributed by atoms with Crippen LogP contribution in [0, 0.1) is 0 Å². The summed E-state index contributed by atoms with van der Waals surface area (Å²) >= 11 is 1.50. The van der Waals surface area contributed by atoms with Gasteiger partial charge < -0.3 is 10.2 Å². The molecule has 17 heavy (non-hydrogen) atoms. The van der Waals surface area contributed by atoms with Crippen LogP contribution < -0.4 is 0 Å². The minimum absolute atomic E-state index is 0.0675. The summed E-state index contributed by atoms with van der Waals surface area (Å²) in [6.07, 6.45) is 0.439. The van der Waals surface area contributed by atoms with Gasteiger partial charge in [0.25, 0.3) is 0 Å². The highest BCUT2D eigenvalue weighted by Crippen LogP contribution is 2.24. The lowest BCUT2D eigenvalue weighted by Gasteiger charge is -2.12. The summed E-state index contributed by atoms with van der Waals surface area (Å²) in [4.78, 5) is 22.8. The smallest absolute Gasteiger partial charge is 0.337 e. The number of carbonyl (C=O) groups excluding carboxylic acids is 1. The zero-order valence-corrected chi connectivity index (χ0v) is 10.5. The van der Waals surface area contributed by atoms with Crippen LogP contribution in [0.3, 0.4) is 0 Å². The van der Waals surface area contributed by atoms with Crippen molar-refractivity contribution >= 4 is 23.5 Å². The second-order valence-electron chi connectivity index (χ2n) is 3.68. The summed E-state index contributed by atoms with van der Waals surface area (Å²) in [7, 11) is 0. The fourth-order valence-corrected chi connectivity index (χ4v) is 1.99. The van der Waals surface area contributed by atoms with Crippen LogP contribution in [0.1, 0.15) is 24.2 Å². The van der Waals surface area contributed by atoms with Crippen LogP contribution >= 0.6 is 11.8 Å². The van der Waals surface area contributed by atoms with Crippen molar-refractivity contribution in [3.63, 3.8) is 0 Å². The number of benzene rings is 1. The highest BCUT2D eigenvalue weighted by Gasteiger charge is 2.20. The van der Waals surface area contributed by atoms with Gasteiger partial charge in [0, 0.05) is 11.3 Å². The lowest BCUT2D eigenvalue weighted by molar-refractivity contribution is -0.147. The van der Waals surface area contributed by atoms with Crippen LogP contribution in [0.25, 0.3) is 0 Å². The van der Waals surface area contributed by atoms with Crippen LogP contribution in [0.15, 0.2) is 23.1 Å². The van der Waals surface area contributed by atoms with Gasteiger partial charge in [0.05, 0.1) is 0 Å². The van der Waals surface area contributed by atoms with E-state index in [9.17, 15) is 14.7 Å². The van der Waals surface area contributed by atoms with Gasteiger partial charge in [-0.05, 0) is 36.4 Å². The number of aliphatic hydroxyl groups excluding tert-OH is 1. The fraction of sp³-hybridized carbons (Fsp3) is 0.333. The zero-order chi connectivity index (χ0) is 13.0. The minimum Gasteiger partial charge on any atom is -0.479 e. The minimum atomic E-state index is -1.58. The van der Waals surface area contributed by atoms with E-state index < -0.39 is 12.1 Å². The molecule has 0 bridgehead atoms. The Hall–Kier alpha value is -1.33. The number of Topliss-reactive ketones (excluding diaryl/α,β-unsaturated/α-hetero) is 1. The Kier molecular flexibility index (Phi) is 4.72. The van der Waals surface area contributed by atoms with Gasteiger partial charge in [0.1, 0.15) is 5.78 Å². The molecule has 1 aromatic rings. The average molecular weight is 254 g/mol.